The first-order valence-corrected chi connectivity index (χ1v) is 8.92. The minimum Gasteiger partial charge on any atom is -0.298 e. The molecule has 23 heavy (non-hydrogen) atoms. The molecule has 1 aromatic carbocycles. The maximum absolute atomic E-state index is 4.60. The van der Waals surface area contributed by atoms with E-state index in [1.54, 1.807) is 11.3 Å². The van der Waals surface area contributed by atoms with E-state index in [0.717, 1.165) is 18.1 Å². The van der Waals surface area contributed by atoms with Crippen LogP contribution in [0.1, 0.15) is 29.3 Å². The summed E-state index contributed by atoms with van der Waals surface area (Å²) in [4.78, 5) is 8.48. The minimum absolute atomic E-state index is 0.577. The molecule has 1 aliphatic heterocycles. The number of nitrogens with zero attached hydrogens (tertiary/aromatic N) is 3. The molecule has 0 saturated carbocycles. The number of H-pyrrole nitrogens is 1. The number of aromatic amines is 1. The number of hydrogen-bond donors (Lipinski definition) is 1. The Bertz CT molecular complexity index is 735. The van der Waals surface area contributed by atoms with Crippen LogP contribution in [0.3, 0.4) is 0 Å². The second-order valence-corrected chi connectivity index (χ2v) is 7.20. The van der Waals surface area contributed by atoms with Crippen molar-refractivity contribution in [3.63, 3.8) is 0 Å². The van der Waals surface area contributed by atoms with Gasteiger partial charge in [0.2, 0.25) is 0 Å². The van der Waals surface area contributed by atoms with E-state index in [0.29, 0.717) is 5.92 Å². The molecule has 0 bridgehead atoms. The third-order valence-corrected chi connectivity index (χ3v) is 5.45. The van der Waals surface area contributed by atoms with Crippen molar-refractivity contribution in [2.24, 2.45) is 0 Å². The molecule has 4 rings (SSSR count). The summed E-state index contributed by atoms with van der Waals surface area (Å²) in [7, 11) is 0. The molecule has 3 heterocycles. The standard InChI is InChI=1S/C18H20N4S/c1-2-5-14(6-3-1)18-19-11-16(23-18)13-22-10-4-7-15(12-22)17-8-9-20-21-17/h1-3,5-6,8-9,11,15H,4,7,10,12-13H2,(H,20,21). The van der Waals surface area contributed by atoms with Crippen LogP contribution in [0.4, 0.5) is 0 Å². The van der Waals surface area contributed by atoms with Gasteiger partial charge in [-0.25, -0.2) is 4.98 Å². The van der Waals surface area contributed by atoms with Gasteiger partial charge in [0.25, 0.3) is 0 Å². The molecule has 0 radical (unpaired) electrons. The Balaban J connectivity index is 1.43. The van der Waals surface area contributed by atoms with Crippen LogP contribution in [0.15, 0.2) is 48.8 Å². The van der Waals surface area contributed by atoms with Crippen molar-refractivity contribution in [1.82, 2.24) is 20.1 Å². The number of likely N-dealkylation sites (tertiary alicyclic amines) is 1. The summed E-state index contributed by atoms with van der Waals surface area (Å²) in [6, 6.07) is 12.5. The summed E-state index contributed by atoms with van der Waals surface area (Å²) in [5.74, 6) is 0.577. The fourth-order valence-corrected chi connectivity index (χ4v) is 4.22. The van der Waals surface area contributed by atoms with Crippen molar-refractivity contribution in [2.45, 2.75) is 25.3 Å². The van der Waals surface area contributed by atoms with Gasteiger partial charge >= 0.3 is 0 Å². The Hall–Kier alpha value is -1.98. The summed E-state index contributed by atoms with van der Waals surface area (Å²) in [6.45, 7) is 3.26. The number of nitrogens with one attached hydrogen (secondary N) is 1. The summed E-state index contributed by atoms with van der Waals surface area (Å²) < 4.78 is 0. The first kappa shape index (κ1) is 14.6. The summed E-state index contributed by atoms with van der Waals surface area (Å²) in [5.41, 5.74) is 2.47. The Morgan fingerprint density at radius 1 is 1.22 bits per heavy atom. The number of aromatic nitrogens is 3. The van der Waals surface area contributed by atoms with Crippen LogP contribution in [0.5, 0.6) is 0 Å². The van der Waals surface area contributed by atoms with Crippen molar-refractivity contribution in [2.75, 3.05) is 13.1 Å². The van der Waals surface area contributed by atoms with Crippen molar-refractivity contribution < 1.29 is 0 Å². The summed E-state index contributed by atoms with van der Waals surface area (Å²) >= 11 is 1.81. The van der Waals surface area contributed by atoms with E-state index in [-0.39, 0.29) is 0 Å². The molecule has 1 N–H and O–H groups in total. The average Bonchev–Trinajstić information content (AvgIpc) is 3.28. The van der Waals surface area contributed by atoms with E-state index in [2.05, 4.69) is 50.4 Å². The van der Waals surface area contributed by atoms with Crippen LogP contribution >= 0.6 is 11.3 Å². The smallest absolute Gasteiger partial charge is 0.123 e. The van der Waals surface area contributed by atoms with E-state index in [1.807, 2.05) is 18.5 Å². The topological polar surface area (TPSA) is 44.8 Å². The van der Waals surface area contributed by atoms with Crippen LogP contribution in [0.25, 0.3) is 10.6 Å². The van der Waals surface area contributed by atoms with Gasteiger partial charge in [0.15, 0.2) is 0 Å². The van der Waals surface area contributed by atoms with Crippen molar-refractivity contribution in [1.29, 1.82) is 0 Å². The highest BCUT2D eigenvalue weighted by atomic mass is 32.1. The van der Waals surface area contributed by atoms with Gasteiger partial charge in [0.05, 0.1) is 0 Å². The lowest BCUT2D eigenvalue weighted by molar-refractivity contribution is 0.200. The molecule has 1 aliphatic rings. The molecule has 0 amide bonds. The molecule has 118 valence electrons. The Morgan fingerprint density at radius 2 is 2.13 bits per heavy atom. The largest absolute Gasteiger partial charge is 0.298 e. The van der Waals surface area contributed by atoms with Crippen molar-refractivity contribution in [3.05, 3.63) is 59.4 Å². The van der Waals surface area contributed by atoms with Gasteiger partial charge in [-0.15, -0.1) is 11.3 Å². The van der Waals surface area contributed by atoms with E-state index < -0.39 is 0 Å². The molecule has 0 spiro atoms. The second-order valence-electron chi connectivity index (χ2n) is 6.08. The van der Waals surface area contributed by atoms with Crippen LogP contribution in [0, 0.1) is 0 Å². The van der Waals surface area contributed by atoms with Gasteiger partial charge in [0.1, 0.15) is 5.01 Å². The lowest BCUT2D eigenvalue weighted by Crippen LogP contribution is -2.33. The van der Waals surface area contributed by atoms with E-state index >= 15 is 0 Å². The average molecular weight is 324 g/mol. The molecule has 4 nitrogen and oxygen atoms in total. The van der Waals surface area contributed by atoms with Gasteiger partial charge in [0, 0.05) is 47.5 Å². The number of rotatable bonds is 4. The van der Waals surface area contributed by atoms with Gasteiger partial charge in [-0.3, -0.25) is 10.00 Å². The zero-order valence-electron chi connectivity index (χ0n) is 13.0. The van der Waals surface area contributed by atoms with Crippen LogP contribution in [-0.2, 0) is 6.54 Å². The van der Waals surface area contributed by atoms with Gasteiger partial charge in [-0.2, -0.15) is 5.10 Å². The van der Waals surface area contributed by atoms with E-state index in [9.17, 15) is 0 Å². The molecule has 2 aromatic heterocycles. The van der Waals surface area contributed by atoms with E-state index in [4.69, 9.17) is 0 Å². The lowest BCUT2D eigenvalue weighted by Gasteiger charge is -2.31. The predicted molar refractivity (Wildman–Crippen MR) is 93.4 cm³/mol. The monoisotopic (exact) mass is 324 g/mol. The molecule has 1 fully saturated rings. The van der Waals surface area contributed by atoms with Gasteiger partial charge < -0.3 is 0 Å². The first-order chi connectivity index (χ1) is 11.4. The summed E-state index contributed by atoms with van der Waals surface area (Å²) in [6.07, 6.45) is 6.38. The Morgan fingerprint density at radius 3 is 2.96 bits per heavy atom. The predicted octanol–water partition coefficient (Wildman–Crippen LogP) is 3.91. The van der Waals surface area contributed by atoms with Crippen LogP contribution in [0.2, 0.25) is 0 Å². The molecule has 1 atom stereocenters. The molecular weight excluding hydrogens is 304 g/mol. The van der Waals surface area contributed by atoms with Crippen LogP contribution < -0.4 is 0 Å². The number of thiazole rings is 1. The Labute approximate surface area is 140 Å². The number of piperidine rings is 1. The zero-order chi connectivity index (χ0) is 15.5. The third-order valence-electron chi connectivity index (χ3n) is 4.42. The fraction of sp³-hybridized carbons (Fsp3) is 0.333. The quantitative estimate of drug-likeness (QED) is 0.791. The minimum atomic E-state index is 0.577. The highest BCUT2D eigenvalue weighted by molar-refractivity contribution is 7.15. The first-order valence-electron chi connectivity index (χ1n) is 8.10. The van der Waals surface area contributed by atoms with E-state index in [1.165, 1.54) is 35.5 Å². The maximum Gasteiger partial charge on any atom is 0.123 e. The molecule has 1 saturated heterocycles. The molecule has 5 heteroatoms. The van der Waals surface area contributed by atoms with Crippen molar-refractivity contribution in [3.8, 4) is 10.6 Å². The molecule has 0 aliphatic carbocycles. The zero-order valence-corrected chi connectivity index (χ0v) is 13.8. The SMILES string of the molecule is c1ccc(-c2ncc(CN3CCCC(c4ccn[nH]4)C3)s2)cc1. The second kappa shape index (κ2) is 6.64. The van der Waals surface area contributed by atoms with Crippen molar-refractivity contribution >= 4 is 11.3 Å². The Kier molecular flexibility index (Phi) is 4.22. The van der Waals surface area contributed by atoms with Crippen LogP contribution in [-0.4, -0.2) is 33.2 Å². The molecule has 3 aromatic rings. The lowest BCUT2D eigenvalue weighted by atomic mass is 9.95. The molecule has 1 unspecified atom stereocenters. The molecular formula is C18H20N4S. The highest BCUT2D eigenvalue weighted by Crippen LogP contribution is 2.29. The highest BCUT2D eigenvalue weighted by Gasteiger charge is 2.22. The normalized spacial score (nSPS) is 19.0. The number of hydrogen-bond acceptors (Lipinski definition) is 4. The van der Waals surface area contributed by atoms with Gasteiger partial charge in [-0.1, -0.05) is 30.3 Å². The van der Waals surface area contributed by atoms with Gasteiger partial charge in [-0.05, 0) is 25.5 Å². The number of benzene rings is 1. The summed E-state index contributed by atoms with van der Waals surface area (Å²) in [5, 5.41) is 8.34. The third kappa shape index (κ3) is 3.35. The maximum atomic E-state index is 4.60. The fourth-order valence-electron chi connectivity index (χ4n) is 3.26.